The molecule has 0 aliphatic rings. The van der Waals surface area contributed by atoms with E-state index in [1.807, 2.05) is 43.3 Å². The third-order valence-electron chi connectivity index (χ3n) is 2.45. The van der Waals surface area contributed by atoms with E-state index in [1.165, 1.54) is 0 Å². The molecule has 0 aliphatic heterocycles. The number of ether oxygens (including phenoxy) is 1. The Morgan fingerprint density at radius 1 is 1.16 bits per heavy atom. The topological polar surface area (TPSA) is 47.3 Å². The van der Waals surface area contributed by atoms with E-state index < -0.39 is 0 Å². The number of hydrogen-bond acceptors (Lipinski definition) is 3. The van der Waals surface area contributed by atoms with Gasteiger partial charge in [-0.25, -0.2) is 0 Å². The Morgan fingerprint density at radius 3 is 2.68 bits per heavy atom. The molecule has 19 heavy (non-hydrogen) atoms. The Balaban J connectivity index is 2.29. The number of anilines is 3. The summed E-state index contributed by atoms with van der Waals surface area (Å²) in [4.78, 5) is 0. The zero-order valence-electron chi connectivity index (χ0n) is 10.4. The minimum absolute atomic E-state index is 0.615. The molecule has 0 unspecified atom stereocenters. The largest absolute Gasteiger partial charge is 0.494 e. The summed E-state index contributed by atoms with van der Waals surface area (Å²) in [6.07, 6.45) is 0. The average Bonchev–Trinajstić information content (AvgIpc) is 2.33. The highest BCUT2D eigenvalue weighted by molar-refractivity contribution is 9.11. The van der Waals surface area contributed by atoms with Gasteiger partial charge in [0.1, 0.15) is 5.75 Å². The number of hydrogen-bond donors (Lipinski definition) is 2. The minimum atomic E-state index is 0.615. The highest BCUT2D eigenvalue weighted by atomic mass is 79.9. The van der Waals surface area contributed by atoms with E-state index in [0.717, 1.165) is 26.1 Å². The van der Waals surface area contributed by atoms with Crippen molar-refractivity contribution in [1.29, 1.82) is 0 Å². The summed E-state index contributed by atoms with van der Waals surface area (Å²) in [5, 5.41) is 3.32. The van der Waals surface area contributed by atoms with Crippen LogP contribution in [0.25, 0.3) is 0 Å². The van der Waals surface area contributed by atoms with E-state index in [0.29, 0.717) is 12.3 Å². The molecule has 0 saturated heterocycles. The second-order valence-corrected chi connectivity index (χ2v) is 5.74. The Hall–Kier alpha value is -1.20. The molecule has 0 aliphatic carbocycles. The number of rotatable bonds is 4. The first kappa shape index (κ1) is 14.2. The quantitative estimate of drug-likeness (QED) is 0.733. The molecule has 0 heterocycles. The van der Waals surface area contributed by atoms with Crippen LogP contribution in [0, 0.1) is 0 Å². The van der Waals surface area contributed by atoms with E-state index in [9.17, 15) is 0 Å². The van der Waals surface area contributed by atoms with E-state index in [2.05, 4.69) is 37.2 Å². The van der Waals surface area contributed by atoms with E-state index in [-0.39, 0.29) is 0 Å². The molecule has 0 fully saturated rings. The minimum Gasteiger partial charge on any atom is -0.494 e. The lowest BCUT2D eigenvalue weighted by molar-refractivity contribution is 0.340. The molecular weight excluding hydrogens is 372 g/mol. The van der Waals surface area contributed by atoms with Gasteiger partial charge in [0.2, 0.25) is 0 Å². The fourth-order valence-electron chi connectivity index (χ4n) is 1.69. The van der Waals surface area contributed by atoms with Gasteiger partial charge >= 0.3 is 0 Å². The third-order valence-corrected chi connectivity index (χ3v) is 3.63. The van der Waals surface area contributed by atoms with Gasteiger partial charge in [-0.15, -0.1) is 0 Å². The maximum absolute atomic E-state index is 5.87. The molecule has 0 bridgehead atoms. The predicted octanol–water partition coefficient (Wildman–Crippen LogP) is 4.94. The van der Waals surface area contributed by atoms with Crippen molar-refractivity contribution < 1.29 is 4.74 Å². The first-order valence-corrected chi connectivity index (χ1v) is 7.42. The molecule has 2 rings (SSSR count). The zero-order chi connectivity index (χ0) is 13.8. The summed E-state index contributed by atoms with van der Waals surface area (Å²) in [6.45, 7) is 2.56. The molecular formula is C14H14Br2N2O. The van der Waals surface area contributed by atoms with Gasteiger partial charge in [0.15, 0.2) is 0 Å². The van der Waals surface area contributed by atoms with Crippen molar-refractivity contribution in [3.05, 3.63) is 45.3 Å². The van der Waals surface area contributed by atoms with Gasteiger partial charge in [-0.3, -0.25) is 0 Å². The Labute approximate surface area is 129 Å². The molecule has 0 atom stereocenters. The van der Waals surface area contributed by atoms with Crippen molar-refractivity contribution in [2.24, 2.45) is 0 Å². The monoisotopic (exact) mass is 384 g/mol. The SMILES string of the molecule is CCOc1cc(N)cc(Nc2cc(Br)ccc2Br)c1. The Morgan fingerprint density at radius 2 is 1.95 bits per heavy atom. The van der Waals surface area contributed by atoms with Crippen LogP contribution < -0.4 is 15.8 Å². The number of nitrogens with two attached hydrogens (primary N) is 1. The first-order chi connectivity index (χ1) is 9.08. The normalized spacial score (nSPS) is 10.3. The molecule has 2 aromatic carbocycles. The first-order valence-electron chi connectivity index (χ1n) is 5.84. The molecule has 3 nitrogen and oxygen atoms in total. The van der Waals surface area contributed by atoms with Crippen LogP contribution in [0.1, 0.15) is 6.92 Å². The number of nitrogen functional groups attached to an aromatic ring is 1. The summed E-state index contributed by atoms with van der Waals surface area (Å²) in [7, 11) is 0. The van der Waals surface area contributed by atoms with Gasteiger partial charge in [0.25, 0.3) is 0 Å². The number of benzene rings is 2. The maximum atomic E-state index is 5.87. The lowest BCUT2D eigenvalue weighted by atomic mass is 10.2. The van der Waals surface area contributed by atoms with Crippen molar-refractivity contribution in [2.75, 3.05) is 17.7 Å². The highest BCUT2D eigenvalue weighted by Gasteiger charge is 2.04. The van der Waals surface area contributed by atoms with Gasteiger partial charge in [-0.05, 0) is 47.1 Å². The third kappa shape index (κ3) is 3.88. The van der Waals surface area contributed by atoms with Crippen LogP contribution in [-0.2, 0) is 0 Å². The second-order valence-electron chi connectivity index (χ2n) is 3.97. The fraction of sp³-hybridized carbons (Fsp3) is 0.143. The standard InChI is InChI=1S/C14H14Br2N2O/c1-2-19-12-7-10(17)6-11(8-12)18-14-5-9(15)3-4-13(14)16/h3-8,18H,2,17H2,1H3. The van der Waals surface area contributed by atoms with Crippen molar-refractivity contribution in [3.8, 4) is 5.75 Å². The fourth-order valence-corrected chi connectivity index (χ4v) is 2.40. The van der Waals surface area contributed by atoms with Crippen LogP contribution in [0.4, 0.5) is 17.1 Å². The zero-order valence-corrected chi connectivity index (χ0v) is 13.6. The molecule has 0 spiro atoms. The van der Waals surface area contributed by atoms with Crippen molar-refractivity contribution in [3.63, 3.8) is 0 Å². The smallest absolute Gasteiger partial charge is 0.123 e. The van der Waals surface area contributed by atoms with Crippen LogP contribution >= 0.6 is 31.9 Å². The molecule has 0 radical (unpaired) electrons. The van der Waals surface area contributed by atoms with Crippen LogP contribution in [0.3, 0.4) is 0 Å². The summed E-state index contributed by atoms with van der Waals surface area (Å²) in [6, 6.07) is 11.5. The van der Waals surface area contributed by atoms with Gasteiger partial charge < -0.3 is 15.8 Å². The van der Waals surface area contributed by atoms with Gasteiger partial charge in [-0.1, -0.05) is 15.9 Å². The van der Waals surface area contributed by atoms with Crippen LogP contribution in [-0.4, -0.2) is 6.61 Å². The highest BCUT2D eigenvalue weighted by Crippen LogP contribution is 2.31. The number of nitrogens with one attached hydrogen (secondary N) is 1. The lowest BCUT2D eigenvalue weighted by Crippen LogP contribution is -1.97. The lowest BCUT2D eigenvalue weighted by Gasteiger charge is -2.12. The predicted molar refractivity (Wildman–Crippen MR) is 87.1 cm³/mol. The van der Waals surface area contributed by atoms with Crippen molar-refractivity contribution in [1.82, 2.24) is 0 Å². The summed E-state index contributed by atoms with van der Waals surface area (Å²) >= 11 is 6.96. The summed E-state index contributed by atoms with van der Waals surface area (Å²) < 4.78 is 7.47. The number of halogens is 2. The molecule has 0 amide bonds. The maximum Gasteiger partial charge on any atom is 0.123 e. The Bertz CT molecular complexity index is 588. The average molecular weight is 386 g/mol. The van der Waals surface area contributed by atoms with Crippen molar-refractivity contribution in [2.45, 2.75) is 6.92 Å². The summed E-state index contributed by atoms with van der Waals surface area (Å²) in [5.41, 5.74) is 8.39. The van der Waals surface area contributed by atoms with Crippen LogP contribution in [0.15, 0.2) is 45.3 Å². The Kier molecular flexibility index (Phi) is 4.71. The van der Waals surface area contributed by atoms with Crippen LogP contribution in [0.2, 0.25) is 0 Å². The van der Waals surface area contributed by atoms with Crippen LogP contribution in [0.5, 0.6) is 5.75 Å². The van der Waals surface area contributed by atoms with Gasteiger partial charge in [-0.2, -0.15) is 0 Å². The van der Waals surface area contributed by atoms with Gasteiger partial charge in [0.05, 0.1) is 12.3 Å². The molecule has 5 heteroatoms. The molecule has 2 aromatic rings. The molecule has 3 N–H and O–H groups in total. The van der Waals surface area contributed by atoms with E-state index >= 15 is 0 Å². The molecule has 0 saturated carbocycles. The van der Waals surface area contributed by atoms with Gasteiger partial charge in [0, 0.05) is 32.5 Å². The van der Waals surface area contributed by atoms with Crippen molar-refractivity contribution >= 4 is 48.9 Å². The van der Waals surface area contributed by atoms with E-state index in [1.54, 1.807) is 0 Å². The van der Waals surface area contributed by atoms with E-state index in [4.69, 9.17) is 10.5 Å². The second kappa shape index (κ2) is 6.30. The summed E-state index contributed by atoms with van der Waals surface area (Å²) in [5.74, 6) is 0.760. The molecule has 0 aromatic heterocycles. The molecule has 100 valence electrons.